The molecular formula is C22H33N5O3. The van der Waals surface area contributed by atoms with Crippen molar-refractivity contribution in [3.05, 3.63) is 58.7 Å². The second-order valence-electron chi connectivity index (χ2n) is 7.22. The molecule has 8 nitrogen and oxygen atoms in total. The monoisotopic (exact) mass is 415 g/mol. The third-order valence-corrected chi connectivity index (χ3v) is 4.55. The van der Waals surface area contributed by atoms with Crippen LogP contribution in [0.25, 0.3) is 0 Å². The molecule has 8 heteroatoms. The standard InChI is InChI=1S/C22H30N4O3.H3N/c1-14(2)21(25-28-6)17-10-11-20(16(4)12-17)29-13-18-15(3)8-7-9-19(18)24-22(27)26(5)23;/h7-12,14H,13,23H2,1-6H3,(H,24,27);1H3. The number of nitrogens with one attached hydrogen (secondary N) is 1. The molecule has 2 aromatic rings. The molecule has 0 saturated carbocycles. The highest BCUT2D eigenvalue weighted by Crippen LogP contribution is 2.26. The first-order valence-corrected chi connectivity index (χ1v) is 9.47. The number of anilines is 1. The molecule has 0 saturated heterocycles. The molecular weight excluding hydrogens is 382 g/mol. The zero-order valence-corrected chi connectivity index (χ0v) is 18.7. The number of amides is 2. The van der Waals surface area contributed by atoms with E-state index in [2.05, 4.69) is 24.3 Å². The van der Waals surface area contributed by atoms with E-state index < -0.39 is 6.03 Å². The highest BCUT2D eigenvalue weighted by Gasteiger charge is 2.14. The molecule has 0 bridgehead atoms. The molecule has 0 fully saturated rings. The Morgan fingerprint density at radius 2 is 1.90 bits per heavy atom. The van der Waals surface area contributed by atoms with Gasteiger partial charge in [-0.05, 0) is 55.2 Å². The van der Waals surface area contributed by atoms with Crippen molar-refractivity contribution in [2.75, 3.05) is 19.5 Å². The van der Waals surface area contributed by atoms with Gasteiger partial charge in [-0.25, -0.2) is 10.6 Å². The van der Waals surface area contributed by atoms with Gasteiger partial charge in [0.1, 0.15) is 19.5 Å². The lowest BCUT2D eigenvalue weighted by molar-refractivity contribution is 0.212. The molecule has 6 N–H and O–H groups in total. The maximum Gasteiger partial charge on any atom is 0.335 e. The fraction of sp³-hybridized carbons (Fsp3) is 0.364. The third kappa shape index (κ3) is 6.20. The Morgan fingerprint density at radius 3 is 2.47 bits per heavy atom. The Kier molecular flexibility index (Phi) is 9.29. The van der Waals surface area contributed by atoms with E-state index in [4.69, 9.17) is 15.4 Å². The van der Waals surface area contributed by atoms with Crippen molar-refractivity contribution in [1.29, 1.82) is 0 Å². The van der Waals surface area contributed by atoms with Crippen LogP contribution in [0.3, 0.4) is 0 Å². The van der Waals surface area contributed by atoms with E-state index in [1.807, 2.05) is 50.2 Å². The quantitative estimate of drug-likeness (QED) is 0.268. The average Bonchev–Trinajstić information content (AvgIpc) is 2.66. The summed E-state index contributed by atoms with van der Waals surface area (Å²) in [5, 5.41) is 7.95. The Bertz CT molecular complexity index is 894. The van der Waals surface area contributed by atoms with E-state index in [0.29, 0.717) is 12.3 Å². The molecule has 0 heterocycles. The van der Waals surface area contributed by atoms with E-state index in [9.17, 15) is 4.79 Å². The SMILES string of the molecule is CON=C(c1ccc(OCc2c(C)cccc2NC(=O)N(C)N)c(C)c1)C(C)C.N. The van der Waals surface area contributed by atoms with Crippen molar-refractivity contribution >= 4 is 17.4 Å². The Morgan fingerprint density at radius 1 is 1.20 bits per heavy atom. The van der Waals surface area contributed by atoms with Gasteiger partial charge in [-0.15, -0.1) is 0 Å². The van der Waals surface area contributed by atoms with Crippen LogP contribution in [0.15, 0.2) is 41.6 Å². The van der Waals surface area contributed by atoms with Gasteiger partial charge >= 0.3 is 6.03 Å². The van der Waals surface area contributed by atoms with E-state index in [1.54, 1.807) is 7.11 Å². The number of ether oxygens (including phenoxy) is 1. The van der Waals surface area contributed by atoms with Crippen LogP contribution < -0.4 is 22.0 Å². The first-order chi connectivity index (χ1) is 13.7. The molecule has 2 rings (SSSR count). The minimum atomic E-state index is -0.393. The normalized spacial score (nSPS) is 11.0. The van der Waals surface area contributed by atoms with E-state index in [-0.39, 0.29) is 12.1 Å². The van der Waals surface area contributed by atoms with Crippen LogP contribution in [0.4, 0.5) is 10.5 Å². The summed E-state index contributed by atoms with van der Waals surface area (Å²) >= 11 is 0. The summed E-state index contributed by atoms with van der Waals surface area (Å²) in [5.74, 6) is 6.51. The highest BCUT2D eigenvalue weighted by atomic mass is 16.6. The fourth-order valence-electron chi connectivity index (χ4n) is 2.92. The maximum absolute atomic E-state index is 11.9. The molecule has 0 aromatic heterocycles. The summed E-state index contributed by atoms with van der Waals surface area (Å²) < 4.78 is 6.07. The zero-order valence-electron chi connectivity index (χ0n) is 18.7. The number of oxime groups is 1. The van der Waals surface area contributed by atoms with E-state index in [0.717, 1.165) is 38.7 Å². The van der Waals surface area contributed by atoms with Crippen molar-refractivity contribution in [2.45, 2.75) is 34.3 Å². The van der Waals surface area contributed by atoms with Gasteiger partial charge in [0, 0.05) is 23.9 Å². The topological polar surface area (TPSA) is 124 Å². The van der Waals surface area contributed by atoms with E-state index in [1.165, 1.54) is 7.05 Å². The third-order valence-electron chi connectivity index (χ3n) is 4.55. The predicted molar refractivity (Wildman–Crippen MR) is 121 cm³/mol. The zero-order chi connectivity index (χ0) is 21.6. The smallest absolute Gasteiger partial charge is 0.335 e. The van der Waals surface area contributed by atoms with Gasteiger partial charge in [-0.3, -0.25) is 5.01 Å². The van der Waals surface area contributed by atoms with Gasteiger partial charge in [-0.1, -0.05) is 31.1 Å². The summed E-state index contributed by atoms with van der Waals surface area (Å²) in [7, 11) is 3.04. The molecule has 0 aliphatic rings. The fourth-order valence-corrected chi connectivity index (χ4v) is 2.92. The van der Waals surface area contributed by atoms with Crippen molar-refractivity contribution < 1.29 is 14.4 Å². The van der Waals surface area contributed by atoms with Crippen LogP contribution in [0.5, 0.6) is 5.75 Å². The number of urea groups is 1. The van der Waals surface area contributed by atoms with Gasteiger partial charge in [0.05, 0.1) is 5.71 Å². The second-order valence-corrected chi connectivity index (χ2v) is 7.22. The maximum atomic E-state index is 11.9. The number of hydrazine groups is 1. The van der Waals surface area contributed by atoms with Crippen LogP contribution in [0, 0.1) is 19.8 Å². The highest BCUT2D eigenvalue weighted by molar-refractivity contribution is 6.01. The van der Waals surface area contributed by atoms with Gasteiger partial charge in [-0.2, -0.15) is 0 Å². The number of hydrogen-bond donors (Lipinski definition) is 3. The van der Waals surface area contributed by atoms with Crippen LogP contribution >= 0.6 is 0 Å². The number of nitrogens with two attached hydrogens (primary N) is 1. The summed E-state index contributed by atoms with van der Waals surface area (Å²) in [5.41, 5.74) is 5.48. The molecule has 2 aromatic carbocycles. The molecule has 2 amide bonds. The second kappa shape index (κ2) is 11.2. The van der Waals surface area contributed by atoms with Crippen LogP contribution in [0.2, 0.25) is 0 Å². The van der Waals surface area contributed by atoms with E-state index >= 15 is 0 Å². The molecule has 164 valence electrons. The van der Waals surface area contributed by atoms with Crippen molar-refractivity contribution in [3.8, 4) is 5.75 Å². The average molecular weight is 416 g/mol. The minimum absolute atomic E-state index is 0. The Hall–Kier alpha value is -3.10. The molecule has 0 aliphatic heterocycles. The van der Waals surface area contributed by atoms with Gasteiger partial charge in [0.15, 0.2) is 0 Å². The van der Waals surface area contributed by atoms with Crippen LogP contribution in [0.1, 0.15) is 36.1 Å². The first-order valence-electron chi connectivity index (χ1n) is 9.47. The number of aryl methyl sites for hydroxylation is 2. The van der Waals surface area contributed by atoms with Gasteiger partial charge < -0.3 is 21.0 Å². The lowest BCUT2D eigenvalue weighted by Gasteiger charge is -2.18. The number of benzene rings is 2. The molecule has 0 atom stereocenters. The Labute approximate surface area is 178 Å². The van der Waals surface area contributed by atoms with Gasteiger partial charge in [0.2, 0.25) is 0 Å². The summed E-state index contributed by atoms with van der Waals surface area (Å²) in [6.45, 7) is 8.44. The summed E-state index contributed by atoms with van der Waals surface area (Å²) in [4.78, 5) is 16.9. The first kappa shape index (κ1) is 24.9. The predicted octanol–water partition coefficient (Wildman–Crippen LogP) is 4.39. The number of carbonyl (C=O) groups excluding carboxylic acids is 1. The van der Waals surface area contributed by atoms with Crippen molar-refractivity contribution in [1.82, 2.24) is 11.2 Å². The Balaban J connectivity index is 0.00000450. The lowest BCUT2D eigenvalue weighted by Crippen LogP contribution is -2.37. The van der Waals surface area contributed by atoms with Crippen LogP contribution in [-0.2, 0) is 11.4 Å². The number of hydrogen-bond acceptors (Lipinski definition) is 6. The van der Waals surface area contributed by atoms with Crippen LogP contribution in [-0.4, -0.2) is 30.9 Å². The number of nitrogens with zero attached hydrogens (tertiary/aromatic N) is 2. The number of carbonyl (C=O) groups is 1. The minimum Gasteiger partial charge on any atom is -0.489 e. The summed E-state index contributed by atoms with van der Waals surface area (Å²) in [6.07, 6.45) is 0. The summed E-state index contributed by atoms with van der Waals surface area (Å²) in [6, 6.07) is 11.2. The number of rotatable bonds is 7. The molecule has 0 spiro atoms. The lowest BCUT2D eigenvalue weighted by atomic mass is 9.98. The van der Waals surface area contributed by atoms with Crippen molar-refractivity contribution in [3.63, 3.8) is 0 Å². The largest absolute Gasteiger partial charge is 0.489 e. The molecule has 0 unspecified atom stereocenters. The molecule has 0 radical (unpaired) electrons. The van der Waals surface area contributed by atoms with Crippen molar-refractivity contribution in [2.24, 2.45) is 16.9 Å². The molecule has 30 heavy (non-hydrogen) atoms. The molecule has 0 aliphatic carbocycles. The van der Waals surface area contributed by atoms with Gasteiger partial charge in [0.25, 0.3) is 0 Å².